The molecule has 0 saturated carbocycles. The van der Waals surface area contributed by atoms with E-state index in [0.29, 0.717) is 28.8 Å². The third-order valence-electron chi connectivity index (χ3n) is 4.81. The maximum atomic E-state index is 15.1. The SMILES string of the molecule is CCCS(=O)(=O)Nc1ccc(F)c(C(=O)c2c[nH]c3ncc(-c4nc(C)c[nH]4)cc23)c1F. The summed E-state index contributed by atoms with van der Waals surface area (Å²) in [6, 6.07) is 3.43. The van der Waals surface area contributed by atoms with E-state index in [1.807, 2.05) is 6.92 Å². The van der Waals surface area contributed by atoms with Gasteiger partial charge in [-0.1, -0.05) is 6.92 Å². The summed E-state index contributed by atoms with van der Waals surface area (Å²) in [6.45, 7) is 3.46. The number of aromatic amines is 2. The lowest BCUT2D eigenvalue weighted by atomic mass is 10.0. The van der Waals surface area contributed by atoms with Crippen molar-refractivity contribution in [1.82, 2.24) is 19.9 Å². The van der Waals surface area contributed by atoms with E-state index in [4.69, 9.17) is 0 Å². The number of rotatable bonds is 7. The number of carbonyl (C=O) groups excluding carboxylic acids is 1. The van der Waals surface area contributed by atoms with Crippen LogP contribution in [0.4, 0.5) is 14.5 Å². The number of carbonyl (C=O) groups is 1. The number of H-pyrrole nitrogens is 2. The Morgan fingerprint density at radius 1 is 1.19 bits per heavy atom. The molecule has 0 aliphatic rings. The fraction of sp³-hybridized carbons (Fsp3) is 0.190. The first-order valence-electron chi connectivity index (χ1n) is 9.73. The van der Waals surface area contributed by atoms with Crippen molar-refractivity contribution in [2.24, 2.45) is 0 Å². The molecule has 0 radical (unpaired) electrons. The van der Waals surface area contributed by atoms with E-state index >= 15 is 4.39 Å². The van der Waals surface area contributed by atoms with Gasteiger partial charge in [0, 0.05) is 35.1 Å². The average Bonchev–Trinajstić information content (AvgIpc) is 3.35. The quantitative estimate of drug-likeness (QED) is 0.362. The monoisotopic (exact) mass is 459 g/mol. The summed E-state index contributed by atoms with van der Waals surface area (Å²) in [7, 11) is -3.84. The number of anilines is 1. The number of fused-ring (bicyclic) bond motifs is 1. The molecule has 0 saturated heterocycles. The van der Waals surface area contributed by atoms with E-state index in [9.17, 15) is 17.6 Å². The number of imidazole rings is 1. The molecule has 0 unspecified atom stereocenters. The summed E-state index contributed by atoms with van der Waals surface area (Å²) in [5.74, 6) is -3.05. The average molecular weight is 459 g/mol. The van der Waals surface area contributed by atoms with Gasteiger partial charge in [-0.05, 0) is 31.5 Å². The minimum Gasteiger partial charge on any atom is -0.345 e. The fourth-order valence-corrected chi connectivity index (χ4v) is 4.48. The first kappa shape index (κ1) is 21.6. The first-order chi connectivity index (χ1) is 15.2. The third kappa shape index (κ3) is 3.98. The number of benzene rings is 1. The summed E-state index contributed by atoms with van der Waals surface area (Å²) >= 11 is 0. The number of halogens is 2. The van der Waals surface area contributed by atoms with Crippen molar-refractivity contribution in [2.75, 3.05) is 10.5 Å². The highest BCUT2D eigenvalue weighted by Gasteiger charge is 2.26. The van der Waals surface area contributed by atoms with E-state index in [1.165, 1.54) is 6.20 Å². The Labute approximate surface area is 182 Å². The van der Waals surface area contributed by atoms with E-state index < -0.39 is 38.7 Å². The highest BCUT2D eigenvalue weighted by molar-refractivity contribution is 7.92. The van der Waals surface area contributed by atoms with Crippen LogP contribution in [0.1, 0.15) is 35.0 Å². The second kappa shape index (κ2) is 8.15. The summed E-state index contributed by atoms with van der Waals surface area (Å²) in [5.41, 5.74) is 0.331. The number of nitrogens with one attached hydrogen (secondary N) is 3. The maximum Gasteiger partial charge on any atom is 0.232 e. The van der Waals surface area contributed by atoms with E-state index in [1.54, 1.807) is 25.4 Å². The number of aromatic nitrogens is 4. The van der Waals surface area contributed by atoms with Crippen molar-refractivity contribution in [2.45, 2.75) is 20.3 Å². The van der Waals surface area contributed by atoms with Gasteiger partial charge in [-0.2, -0.15) is 0 Å². The van der Waals surface area contributed by atoms with Crippen LogP contribution in [0.15, 0.2) is 36.8 Å². The van der Waals surface area contributed by atoms with Crippen LogP contribution in [0.3, 0.4) is 0 Å². The van der Waals surface area contributed by atoms with E-state index in [-0.39, 0.29) is 11.3 Å². The van der Waals surface area contributed by atoms with Gasteiger partial charge in [0.15, 0.2) is 5.82 Å². The number of sulfonamides is 1. The molecule has 0 atom stereocenters. The molecule has 0 bridgehead atoms. The Morgan fingerprint density at radius 3 is 2.66 bits per heavy atom. The fourth-order valence-electron chi connectivity index (χ4n) is 3.34. The smallest absolute Gasteiger partial charge is 0.232 e. The summed E-state index contributed by atoms with van der Waals surface area (Å²) in [6.07, 6.45) is 4.88. The predicted octanol–water partition coefficient (Wildman–Crippen LogP) is 3.92. The molecule has 4 aromatic rings. The largest absolute Gasteiger partial charge is 0.345 e. The zero-order valence-electron chi connectivity index (χ0n) is 17.2. The van der Waals surface area contributed by atoms with Crippen LogP contribution in [0.25, 0.3) is 22.4 Å². The van der Waals surface area contributed by atoms with Gasteiger partial charge >= 0.3 is 0 Å². The van der Waals surface area contributed by atoms with Crippen molar-refractivity contribution in [3.8, 4) is 11.4 Å². The summed E-state index contributed by atoms with van der Waals surface area (Å²) in [5, 5.41) is 0.345. The maximum absolute atomic E-state index is 15.1. The molecule has 0 amide bonds. The lowest BCUT2D eigenvalue weighted by Gasteiger charge is -2.11. The molecule has 0 fully saturated rings. The van der Waals surface area contributed by atoms with Crippen LogP contribution >= 0.6 is 0 Å². The molecule has 0 spiro atoms. The highest BCUT2D eigenvalue weighted by atomic mass is 32.2. The molecule has 11 heteroatoms. The van der Waals surface area contributed by atoms with Gasteiger partial charge in [0.2, 0.25) is 15.8 Å². The topological polar surface area (TPSA) is 121 Å². The van der Waals surface area contributed by atoms with Gasteiger partial charge in [0.1, 0.15) is 17.3 Å². The lowest BCUT2D eigenvalue weighted by Crippen LogP contribution is -2.18. The second-order valence-electron chi connectivity index (χ2n) is 7.25. The van der Waals surface area contributed by atoms with Gasteiger partial charge < -0.3 is 9.97 Å². The Hall–Kier alpha value is -3.60. The Bertz CT molecular complexity index is 1440. The van der Waals surface area contributed by atoms with Crippen molar-refractivity contribution in [3.63, 3.8) is 0 Å². The van der Waals surface area contributed by atoms with Crippen LogP contribution in [0.2, 0.25) is 0 Å². The summed E-state index contributed by atoms with van der Waals surface area (Å²) in [4.78, 5) is 27.5. The number of aryl methyl sites for hydroxylation is 1. The molecule has 3 N–H and O–H groups in total. The van der Waals surface area contributed by atoms with Crippen LogP contribution in [0.5, 0.6) is 0 Å². The third-order valence-corrected chi connectivity index (χ3v) is 6.29. The second-order valence-corrected chi connectivity index (χ2v) is 9.09. The van der Waals surface area contributed by atoms with Crippen LogP contribution < -0.4 is 4.72 Å². The van der Waals surface area contributed by atoms with Gasteiger partial charge in [0.05, 0.1) is 22.7 Å². The molecular weight excluding hydrogens is 440 g/mol. The normalized spacial score (nSPS) is 11.8. The molecule has 166 valence electrons. The van der Waals surface area contributed by atoms with Gasteiger partial charge in [-0.25, -0.2) is 27.2 Å². The first-order valence-corrected chi connectivity index (χ1v) is 11.4. The molecule has 0 aliphatic carbocycles. The molecule has 1 aromatic carbocycles. The molecule has 4 rings (SSSR count). The van der Waals surface area contributed by atoms with Gasteiger partial charge in [-0.3, -0.25) is 9.52 Å². The van der Waals surface area contributed by atoms with Crippen molar-refractivity contribution in [3.05, 3.63) is 65.2 Å². The number of pyridine rings is 1. The van der Waals surface area contributed by atoms with Crippen molar-refractivity contribution < 1.29 is 22.0 Å². The number of ketones is 1. The molecule has 0 aliphatic heterocycles. The Kier molecular flexibility index (Phi) is 5.51. The summed E-state index contributed by atoms with van der Waals surface area (Å²) < 4.78 is 55.7. The van der Waals surface area contributed by atoms with Crippen molar-refractivity contribution in [1.29, 1.82) is 0 Å². The molecular formula is C21H19F2N5O3S. The lowest BCUT2D eigenvalue weighted by molar-refractivity contribution is 0.103. The van der Waals surface area contributed by atoms with Gasteiger partial charge in [0.25, 0.3) is 0 Å². The van der Waals surface area contributed by atoms with Crippen LogP contribution in [-0.4, -0.2) is 39.9 Å². The zero-order chi connectivity index (χ0) is 23.0. The van der Waals surface area contributed by atoms with Crippen LogP contribution in [0, 0.1) is 18.6 Å². The van der Waals surface area contributed by atoms with Crippen molar-refractivity contribution >= 4 is 32.5 Å². The highest BCUT2D eigenvalue weighted by Crippen LogP contribution is 2.29. The minimum absolute atomic E-state index is 0.0102. The molecule has 8 nitrogen and oxygen atoms in total. The van der Waals surface area contributed by atoms with E-state index in [0.717, 1.165) is 17.8 Å². The number of hydrogen-bond acceptors (Lipinski definition) is 5. The van der Waals surface area contributed by atoms with Crippen LogP contribution in [-0.2, 0) is 10.0 Å². The molecule has 3 heterocycles. The number of nitrogens with zero attached hydrogens (tertiary/aromatic N) is 2. The van der Waals surface area contributed by atoms with E-state index in [2.05, 4.69) is 24.7 Å². The Morgan fingerprint density at radius 2 is 1.97 bits per heavy atom. The zero-order valence-corrected chi connectivity index (χ0v) is 18.0. The van der Waals surface area contributed by atoms with Gasteiger partial charge in [-0.15, -0.1) is 0 Å². The predicted molar refractivity (Wildman–Crippen MR) is 116 cm³/mol. The standard InChI is InChI=1S/C21H19F2N5O3S/c1-3-6-32(30,31)28-16-5-4-15(22)17(18(16)23)19(29)14-10-26-21-13(14)7-12(9-25-21)20-24-8-11(2)27-20/h4-5,7-10,28H,3,6H2,1-2H3,(H,24,27)(H,25,26). The molecule has 3 aromatic heterocycles. The Balaban J connectivity index is 1.78. The molecule has 32 heavy (non-hydrogen) atoms. The number of hydrogen-bond donors (Lipinski definition) is 3. The minimum atomic E-state index is -3.84.